The van der Waals surface area contributed by atoms with Crippen molar-refractivity contribution in [1.82, 2.24) is 10.4 Å². The number of nitrogens with zero attached hydrogens (tertiary/aromatic N) is 1. The number of benzene rings is 2. The van der Waals surface area contributed by atoms with Gasteiger partial charge in [0, 0.05) is 10.6 Å². The van der Waals surface area contributed by atoms with E-state index in [0.29, 0.717) is 17.2 Å². The highest BCUT2D eigenvalue weighted by molar-refractivity contribution is 6.30. The molecule has 3 rings (SSSR count). The van der Waals surface area contributed by atoms with Crippen molar-refractivity contribution in [1.29, 1.82) is 0 Å². The molecule has 1 amide bonds. The highest BCUT2D eigenvalue weighted by Crippen LogP contribution is 2.17. The van der Waals surface area contributed by atoms with Gasteiger partial charge in [0.2, 0.25) is 0 Å². The van der Waals surface area contributed by atoms with Crippen LogP contribution in [-0.4, -0.2) is 44.1 Å². The molecular formula is C19H23ClN3O2+. The Balaban J connectivity index is 1.51. The predicted molar refractivity (Wildman–Crippen MR) is 97.9 cm³/mol. The van der Waals surface area contributed by atoms with Gasteiger partial charge >= 0.3 is 0 Å². The predicted octanol–water partition coefficient (Wildman–Crippen LogP) is 1.39. The van der Waals surface area contributed by atoms with Crippen LogP contribution in [-0.2, 0) is 6.61 Å². The van der Waals surface area contributed by atoms with E-state index in [0.717, 1.165) is 37.5 Å². The molecule has 0 aromatic heterocycles. The molecule has 1 saturated heterocycles. The third kappa shape index (κ3) is 5.19. The van der Waals surface area contributed by atoms with Crippen molar-refractivity contribution in [2.75, 3.05) is 33.2 Å². The summed E-state index contributed by atoms with van der Waals surface area (Å²) in [5.41, 5.74) is 4.64. The second-order valence-corrected chi connectivity index (χ2v) is 6.76. The van der Waals surface area contributed by atoms with E-state index in [9.17, 15) is 4.79 Å². The van der Waals surface area contributed by atoms with Crippen molar-refractivity contribution in [2.45, 2.75) is 6.61 Å². The molecule has 0 aliphatic carbocycles. The number of piperazine rings is 1. The van der Waals surface area contributed by atoms with Crippen molar-refractivity contribution in [2.24, 2.45) is 0 Å². The molecule has 0 unspecified atom stereocenters. The number of halogens is 1. The Labute approximate surface area is 153 Å². The fraction of sp³-hybridized carbons (Fsp3) is 0.316. The molecule has 2 aromatic rings. The van der Waals surface area contributed by atoms with Gasteiger partial charge in [0.1, 0.15) is 12.4 Å². The lowest BCUT2D eigenvalue weighted by Gasteiger charge is -2.30. The maximum absolute atomic E-state index is 12.3. The molecule has 1 aliphatic heterocycles. The van der Waals surface area contributed by atoms with E-state index in [4.69, 9.17) is 16.3 Å². The van der Waals surface area contributed by atoms with Crippen LogP contribution in [0, 0.1) is 0 Å². The monoisotopic (exact) mass is 360 g/mol. The minimum atomic E-state index is -0.0651. The molecule has 0 spiro atoms. The number of ether oxygens (including phenoxy) is 1. The van der Waals surface area contributed by atoms with E-state index in [2.05, 4.69) is 12.5 Å². The maximum Gasteiger partial charge on any atom is 0.265 e. The first kappa shape index (κ1) is 17.7. The zero-order chi connectivity index (χ0) is 17.6. The summed E-state index contributed by atoms with van der Waals surface area (Å²) in [7, 11) is 2.17. The van der Waals surface area contributed by atoms with E-state index >= 15 is 0 Å². The Morgan fingerprint density at radius 3 is 2.40 bits per heavy atom. The van der Waals surface area contributed by atoms with E-state index in [1.54, 1.807) is 12.1 Å². The number of carbonyl (C=O) groups is 1. The zero-order valence-corrected chi connectivity index (χ0v) is 15.1. The average Bonchev–Trinajstić information content (AvgIpc) is 2.63. The van der Waals surface area contributed by atoms with Gasteiger partial charge in [0.25, 0.3) is 5.91 Å². The number of likely N-dealkylation sites (N-methyl/N-ethyl adjacent to an activating group) is 1. The average molecular weight is 361 g/mol. The molecule has 132 valence electrons. The highest BCUT2D eigenvalue weighted by Gasteiger charge is 2.18. The summed E-state index contributed by atoms with van der Waals surface area (Å²) in [5, 5.41) is 2.68. The van der Waals surface area contributed by atoms with Gasteiger partial charge in [-0.05, 0) is 42.0 Å². The highest BCUT2D eigenvalue weighted by atomic mass is 35.5. The second kappa shape index (κ2) is 8.34. The van der Waals surface area contributed by atoms with Crippen LogP contribution in [0.25, 0.3) is 0 Å². The fourth-order valence-electron chi connectivity index (χ4n) is 2.66. The summed E-state index contributed by atoms with van der Waals surface area (Å²) in [6.45, 7) is 4.29. The van der Waals surface area contributed by atoms with Gasteiger partial charge in [0.05, 0.1) is 33.2 Å². The number of hydrogen-bond donors (Lipinski definition) is 2. The lowest BCUT2D eigenvalue weighted by molar-refractivity contribution is -0.884. The third-order valence-corrected chi connectivity index (χ3v) is 4.56. The molecular weight excluding hydrogens is 338 g/mol. The molecule has 0 radical (unpaired) electrons. The molecule has 25 heavy (non-hydrogen) atoms. The van der Waals surface area contributed by atoms with Crippen molar-refractivity contribution < 1.29 is 14.4 Å². The summed E-state index contributed by atoms with van der Waals surface area (Å²) < 4.78 is 5.71. The first-order valence-corrected chi connectivity index (χ1v) is 8.82. The minimum Gasteiger partial charge on any atom is -0.489 e. The third-order valence-electron chi connectivity index (χ3n) is 4.31. The number of amides is 1. The Morgan fingerprint density at radius 2 is 1.76 bits per heavy atom. The lowest BCUT2D eigenvalue weighted by Crippen LogP contribution is -3.12. The van der Waals surface area contributed by atoms with Gasteiger partial charge in [-0.15, -0.1) is 0 Å². The normalized spacial score (nSPS) is 15.8. The van der Waals surface area contributed by atoms with Gasteiger partial charge in [-0.3, -0.25) is 10.2 Å². The van der Waals surface area contributed by atoms with Crippen LogP contribution in [0.2, 0.25) is 5.02 Å². The van der Waals surface area contributed by atoms with Crippen molar-refractivity contribution in [3.8, 4) is 5.75 Å². The Kier molecular flexibility index (Phi) is 5.91. The first-order chi connectivity index (χ1) is 12.1. The molecule has 1 fully saturated rings. The van der Waals surface area contributed by atoms with Gasteiger partial charge in [-0.2, -0.15) is 0 Å². The maximum atomic E-state index is 12.3. The quantitative estimate of drug-likeness (QED) is 0.847. The number of rotatable bonds is 5. The van der Waals surface area contributed by atoms with Gasteiger partial charge in [-0.1, -0.05) is 23.7 Å². The minimum absolute atomic E-state index is 0.0651. The van der Waals surface area contributed by atoms with E-state index in [1.165, 1.54) is 4.90 Å². The Hall–Kier alpha value is -2.08. The Morgan fingerprint density at radius 1 is 1.12 bits per heavy atom. The van der Waals surface area contributed by atoms with Crippen LogP contribution in [0.15, 0.2) is 48.5 Å². The van der Waals surface area contributed by atoms with E-state index in [1.807, 2.05) is 41.4 Å². The molecule has 2 aromatic carbocycles. The zero-order valence-electron chi connectivity index (χ0n) is 14.3. The van der Waals surface area contributed by atoms with Crippen molar-refractivity contribution in [3.05, 3.63) is 64.7 Å². The number of hydrogen-bond acceptors (Lipinski definition) is 3. The number of nitrogens with one attached hydrogen (secondary N) is 2. The van der Waals surface area contributed by atoms with Crippen molar-refractivity contribution >= 4 is 17.5 Å². The smallest absolute Gasteiger partial charge is 0.265 e. The van der Waals surface area contributed by atoms with Gasteiger partial charge in [0.15, 0.2) is 0 Å². The first-order valence-electron chi connectivity index (χ1n) is 8.45. The summed E-state index contributed by atoms with van der Waals surface area (Å²) in [6.07, 6.45) is 0. The molecule has 1 heterocycles. The molecule has 2 N–H and O–H groups in total. The van der Waals surface area contributed by atoms with Crippen LogP contribution in [0.1, 0.15) is 15.9 Å². The molecule has 0 atom stereocenters. The SMILES string of the molecule is C[NH+]1CCN(NC(=O)c2ccc(COc3ccc(Cl)cc3)cc2)CC1. The van der Waals surface area contributed by atoms with Crippen LogP contribution in [0.4, 0.5) is 0 Å². The van der Waals surface area contributed by atoms with Crippen LogP contribution >= 0.6 is 11.6 Å². The topological polar surface area (TPSA) is 46.0 Å². The second-order valence-electron chi connectivity index (χ2n) is 6.32. The lowest BCUT2D eigenvalue weighted by atomic mass is 10.1. The summed E-state index contributed by atoms with van der Waals surface area (Å²) in [6, 6.07) is 14.8. The molecule has 5 nitrogen and oxygen atoms in total. The molecule has 0 saturated carbocycles. The molecule has 0 bridgehead atoms. The van der Waals surface area contributed by atoms with Gasteiger partial charge < -0.3 is 9.64 Å². The Bertz CT molecular complexity index is 696. The number of hydrazine groups is 1. The largest absolute Gasteiger partial charge is 0.489 e. The number of carbonyl (C=O) groups excluding carboxylic acids is 1. The van der Waals surface area contributed by atoms with Gasteiger partial charge in [-0.25, -0.2) is 5.01 Å². The fourth-order valence-corrected chi connectivity index (χ4v) is 2.78. The summed E-state index contributed by atoms with van der Waals surface area (Å²) in [4.78, 5) is 13.8. The van der Waals surface area contributed by atoms with E-state index in [-0.39, 0.29) is 5.91 Å². The summed E-state index contributed by atoms with van der Waals surface area (Å²) in [5.74, 6) is 0.702. The van der Waals surface area contributed by atoms with Crippen molar-refractivity contribution in [3.63, 3.8) is 0 Å². The number of quaternary nitrogens is 1. The molecule has 1 aliphatic rings. The van der Waals surface area contributed by atoms with Crippen LogP contribution in [0.3, 0.4) is 0 Å². The standard InChI is InChI=1S/C19H22ClN3O2/c1-22-10-12-23(13-11-22)21-19(24)16-4-2-15(3-5-16)14-25-18-8-6-17(20)7-9-18/h2-9H,10-14H2,1H3,(H,21,24)/p+1. The van der Waals surface area contributed by atoms with Crippen LogP contribution in [0.5, 0.6) is 5.75 Å². The van der Waals surface area contributed by atoms with E-state index < -0.39 is 0 Å². The molecule has 6 heteroatoms. The van der Waals surface area contributed by atoms with Crippen LogP contribution < -0.4 is 15.1 Å². The summed E-state index contributed by atoms with van der Waals surface area (Å²) >= 11 is 5.85.